The Labute approximate surface area is 143 Å². The van der Waals surface area contributed by atoms with Gasteiger partial charge in [-0.25, -0.2) is 13.2 Å². The molecule has 0 aliphatic heterocycles. The minimum Gasteiger partial charge on any atom is -0.465 e. The highest BCUT2D eigenvalue weighted by Gasteiger charge is 2.15. The summed E-state index contributed by atoms with van der Waals surface area (Å²) in [6.45, 7) is 0. The van der Waals surface area contributed by atoms with E-state index in [1.165, 1.54) is 13.2 Å². The molecule has 0 fully saturated rings. The lowest BCUT2D eigenvalue weighted by Crippen LogP contribution is -2.13. The Balaban J connectivity index is 2.22. The molecule has 0 heterocycles. The highest BCUT2D eigenvalue weighted by atomic mass is 79.9. The largest absolute Gasteiger partial charge is 0.465 e. The van der Waals surface area contributed by atoms with E-state index in [2.05, 4.69) is 25.4 Å². The van der Waals surface area contributed by atoms with Crippen LogP contribution in [-0.4, -0.2) is 26.8 Å². The number of sulfonamides is 1. The molecule has 0 spiro atoms. The molecule has 0 saturated carbocycles. The topological polar surface area (TPSA) is 72.5 Å². The number of esters is 1. The fourth-order valence-corrected chi connectivity index (χ4v) is 3.49. The van der Waals surface area contributed by atoms with Crippen molar-refractivity contribution < 1.29 is 17.9 Å². The van der Waals surface area contributed by atoms with Gasteiger partial charge in [-0.05, 0) is 42.3 Å². The molecule has 0 saturated heterocycles. The molecule has 0 aromatic heterocycles. The maximum atomic E-state index is 12.4. The van der Waals surface area contributed by atoms with Crippen molar-refractivity contribution in [3.8, 4) is 0 Å². The fraction of sp³-hybridized carbons (Fsp3) is 0.188. The third-order valence-electron chi connectivity index (χ3n) is 3.15. The molecular weight excluding hydrogens is 382 g/mol. The standard InChI is InChI=1S/C16H16BrNO4S/c1-22-16(19)13-3-2-4-14(11-13)18-23(20,21)15-7-5-12(6-8-15)9-10-17/h2-8,11,18H,9-10H2,1H3. The van der Waals surface area contributed by atoms with Crippen molar-refractivity contribution in [3.63, 3.8) is 0 Å². The SMILES string of the molecule is COC(=O)c1cccc(NS(=O)(=O)c2ccc(CCBr)cc2)c1. The Morgan fingerprint density at radius 2 is 1.87 bits per heavy atom. The first kappa shape index (κ1) is 17.5. The van der Waals surface area contributed by atoms with Gasteiger partial charge in [0, 0.05) is 11.0 Å². The van der Waals surface area contributed by atoms with Crippen molar-refractivity contribution >= 4 is 37.6 Å². The number of hydrogen-bond donors (Lipinski definition) is 1. The van der Waals surface area contributed by atoms with Crippen LogP contribution in [0.5, 0.6) is 0 Å². The van der Waals surface area contributed by atoms with Crippen LogP contribution in [0, 0.1) is 0 Å². The van der Waals surface area contributed by atoms with Crippen molar-refractivity contribution in [1.29, 1.82) is 0 Å². The number of benzene rings is 2. The second kappa shape index (κ2) is 7.61. The van der Waals surface area contributed by atoms with Crippen LogP contribution in [0.2, 0.25) is 0 Å². The lowest BCUT2D eigenvalue weighted by Gasteiger charge is -2.09. The summed E-state index contributed by atoms with van der Waals surface area (Å²) < 4.78 is 31.9. The molecule has 0 aliphatic rings. The van der Waals surface area contributed by atoms with Gasteiger partial charge in [-0.3, -0.25) is 4.72 Å². The zero-order valence-corrected chi connectivity index (χ0v) is 14.9. The molecule has 0 atom stereocenters. The van der Waals surface area contributed by atoms with E-state index in [-0.39, 0.29) is 10.5 Å². The molecule has 5 nitrogen and oxygen atoms in total. The number of hydrogen-bond acceptors (Lipinski definition) is 4. The fourth-order valence-electron chi connectivity index (χ4n) is 1.99. The molecule has 0 radical (unpaired) electrons. The molecule has 0 amide bonds. The maximum Gasteiger partial charge on any atom is 0.337 e. The van der Waals surface area contributed by atoms with E-state index < -0.39 is 16.0 Å². The number of ether oxygens (including phenoxy) is 1. The summed E-state index contributed by atoms with van der Waals surface area (Å²) in [5.41, 5.74) is 1.63. The minimum absolute atomic E-state index is 0.166. The summed E-state index contributed by atoms with van der Waals surface area (Å²) in [4.78, 5) is 11.7. The Bertz CT molecular complexity index is 788. The maximum absolute atomic E-state index is 12.4. The predicted molar refractivity (Wildman–Crippen MR) is 92.5 cm³/mol. The molecule has 2 aromatic carbocycles. The lowest BCUT2D eigenvalue weighted by molar-refractivity contribution is 0.0601. The van der Waals surface area contributed by atoms with E-state index >= 15 is 0 Å². The average molecular weight is 398 g/mol. The van der Waals surface area contributed by atoms with Gasteiger partial charge in [0.25, 0.3) is 10.0 Å². The molecule has 23 heavy (non-hydrogen) atoms. The molecule has 0 bridgehead atoms. The average Bonchev–Trinajstić information content (AvgIpc) is 2.55. The van der Waals surface area contributed by atoms with Crippen molar-refractivity contribution in [2.24, 2.45) is 0 Å². The molecular formula is C16H16BrNO4S. The van der Waals surface area contributed by atoms with Crippen LogP contribution in [0.15, 0.2) is 53.4 Å². The van der Waals surface area contributed by atoms with Gasteiger partial charge < -0.3 is 4.74 Å². The Kier molecular flexibility index (Phi) is 5.79. The van der Waals surface area contributed by atoms with Crippen LogP contribution in [0.4, 0.5) is 5.69 Å². The summed E-state index contributed by atoms with van der Waals surface area (Å²) in [6, 6.07) is 12.8. The Morgan fingerprint density at radius 3 is 2.48 bits per heavy atom. The number of nitrogens with one attached hydrogen (secondary N) is 1. The molecule has 7 heteroatoms. The summed E-state index contributed by atoms with van der Waals surface area (Å²) in [5.74, 6) is -0.523. The Morgan fingerprint density at radius 1 is 1.17 bits per heavy atom. The number of carbonyl (C=O) groups is 1. The van der Waals surface area contributed by atoms with Crippen molar-refractivity contribution in [2.75, 3.05) is 17.2 Å². The van der Waals surface area contributed by atoms with Crippen LogP contribution in [-0.2, 0) is 21.2 Å². The van der Waals surface area contributed by atoms with E-state index in [1.54, 1.807) is 42.5 Å². The molecule has 0 unspecified atom stereocenters. The molecule has 2 rings (SSSR count). The summed E-state index contributed by atoms with van der Waals surface area (Å²) in [7, 11) is -2.44. The second-order valence-corrected chi connectivity index (χ2v) is 7.24. The van der Waals surface area contributed by atoms with Crippen LogP contribution < -0.4 is 4.72 Å². The van der Waals surface area contributed by atoms with Gasteiger partial charge in [0.1, 0.15) is 0 Å². The molecule has 122 valence electrons. The summed E-state index contributed by atoms with van der Waals surface area (Å²) in [5, 5.41) is 0.817. The Hall–Kier alpha value is -1.86. The number of anilines is 1. The number of rotatable bonds is 6. The minimum atomic E-state index is -3.71. The zero-order chi connectivity index (χ0) is 16.9. The number of halogens is 1. The van der Waals surface area contributed by atoms with E-state index in [9.17, 15) is 13.2 Å². The number of methoxy groups -OCH3 is 1. The van der Waals surface area contributed by atoms with E-state index in [1.807, 2.05) is 0 Å². The first-order valence-corrected chi connectivity index (χ1v) is 9.43. The third-order valence-corrected chi connectivity index (χ3v) is 4.95. The van der Waals surface area contributed by atoms with Crippen LogP contribution in [0.25, 0.3) is 0 Å². The summed E-state index contributed by atoms with van der Waals surface area (Å²) in [6.07, 6.45) is 0.828. The highest BCUT2D eigenvalue weighted by Crippen LogP contribution is 2.18. The molecule has 2 aromatic rings. The van der Waals surface area contributed by atoms with Crippen LogP contribution >= 0.6 is 15.9 Å². The second-order valence-electron chi connectivity index (χ2n) is 4.76. The first-order chi connectivity index (χ1) is 11.0. The van der Waals surface area contributed by atoms with Crippen molar-refractivity contribution in [3.05, 3.63) is 59.7 Å². The van der Waals surface area contributed by atoms with Gasteiger partial charge in [0.2, 0.25) is 0 Å². The third kappa shape index (κ3) is 4.56. The lowest BCUT2D eigenvalue weighted by atomic mass is 10.2. The zero-order valence-electron chi connectivity index (χ0n) is 12.5. The van der Waals surface area contributed by atoms with Gasteiger partial charge in [-0.1, -0.05) is 34.1 Å². The molecule has 1 N–H and O–H groups in total. The van der Waals surface area contributed by atoms with E-state index in [4.69, 9.17) is 0 Å². The summed E-state index contributed by atoms with van der Waals surface area (Å²) >= 11 is 3.34. The quantitative estimate of drug-likeness (QED) is 0.599. The van der Waals surface area contributed by atoms with Crippen molar-refractivity contribution in [1.82, 2.24) is 0 Å². The van der Waals surface area contributed by atoms with Gasteiger partial charge in [0.05, 0.1) is 17.6 Å². The van der Waals surface area contributed by atoms with Gasteiger partial charge in [-0.2, -0.15) is 0 Å². The van der Waals surface area contributed by atoms with Crippen LogP contribution in [0.3, 0.4) is 0 Å². The number of alkyl halides is 1. The van der Waals surface area contributed by atoms with Gasteiger partial charge in [-0.15, -0.1) is 0 Å². The highest BCUT2D eigenvalue weighted by molar-refractivity contribution is 9.09. The van der Waals surface area contributed by atoms with Gasteiger partial charge in [0.15, 0.2) is 0 Å². The normalized spacial score (nSPS) is 11.0. The van der Waals surface area contributed by atoms with E-state index in [0.29, 0.717) is 5.69 Å². The smallest absolute Gasteiger partial charge is 0.337 e. The predicted octanol–water partition coefficient (Wildman–Crippen LogP) is 3.21. The number of carbonyl (C=O) groups excluding carboxylic acids is 1. The van der Waals surface area contributed by atoms with Crippen LogP contribution in [0.1, 0.15) is 15.9 Å². The molecule has 0 aliphatic carbocycles. The van der Waals surface area contributed by atoms with E-state index in [0.717, 1.165) is 17.3 Å². The first-order valence-electron chi connectivity index (χ1n) is 6.82. The number of aryl methyl sites for hydroxylation is 1. The monoisotopic (exact) mass is 397 g/mol. The van der Waals surface area contributed by atoms with Gasteiger partial charge >= 0.3 is 5.97 Å². The van der Waals surface area contributed by atoms with Crippen molar-refractivity contribution in [2.45, 2.75) is 11.3 Å².